The van der Waals surface area contributed by atoms with Gasteiger partial charge in [-0.3, -0.25) is 0 Å². The number of nitrogens with zero attached hydrogens (tertiary/aromatic N) is 3. The Morgan fingerprint density at radius 3 is 2.85 bits per heavy atom. The fourth-order valence-corrected chi connectivity index (χ4v) is 3.67. The lowest BCUT2D eigenvalue weighted by Crippen LogP contribution is -2.11. The Morgan fingerprint density at radius 1 is 1.35 bits per heavy atom. The van der Waals surface area contributed by atoms with Crippen molar-refractivity contribution in [3.8, 4) is 10.6 Å². The number of aliphatic imine (C=N–C) groups is 2. The van der Waals surface area contributed by atoms with Crippen LogP contribution in [0.15, 0.2) is 70.1 Å². The molecule has 0 aliphatic heterocycles. The first-order valence-corrected chi connectivity index (χ1v) is 9.55. The maximum absolute atomic E-state index is 9.43. The number of rotatable bonds is 4. The first-order valence-electron chi connectivity index (χ1n) is 7.58. The van der Waals surface area contributed by atoms with Gasteiger partial charge in [0.25, 0.3) is 0 Å². The van der Waals surface area contributed by atoms with Crippen LogP contribution in [0.25, 0.3) is 20.8 Å². The molecule has 0 saturated carbocycles. The van der Waals surface area contributed by atoms with E-state index in [1.165, 1.54) is 6.20 Å². The van der Waals surface area contributed by atoms with Crippen molar-refractivity contribution >= 4 is 62.0 Å². The van der Waals surface area contributed by atoms with Crippen LogP contribution >= 0.6 is 35.0 Å². The van der Waals surface area contributed by atoms with Crippen molar-refractivity contribution in [2.75, 3.05) is 5.32 Å². The number of para-hydroxylation sites is 1. The van der Waals surface area contributed by atoms with Crippen molar-refractivity contribution in [1.82, 2.24) is 4.98 Å². The minimum Gasteiger partial charge on any atom is -0.325 e. The lowest BCUT2D eigenvalue weighted by Gasteiger charge is -2.11. The van der Waals surface area contributed by atoms with Crippen molar-refractivity contribution < 1.29 is 4.55 Å². The van der Waals surface area contributed by atoms with Crippen molar-refractivity contribution in [2.45, 2.75) is 11.8 Å². The average molecular weight is 403 g/mol. The zero-order valence-electron chi connectivity index (χ0n) is 13.8. The van der Waals surface area contributed by atoms with Crippen LogP contribution in [0.2, 0.25) is 0 Å². The van der Waals surface area contributed by atoms with E-state index in [-0.39, 0.29) is 0 Å². The van der Waals surface area contributed by atoms with Crippen molar-refractivity contribution in [2.24, 2.45) is 9.98 Å². The minimum absolute atomic E-state index is 0.319. The Morgan fingerprint density at radius 2 is 2.15 bits per heavy atom. The van der Waals surface area contributed by atoms with Gasteiger partial charge in [0, 0.05) is 28.7 Å². The Balaban J connectivity index is 2.09. The van der Waals surface area contributed by atoms with Crippen LogP contribution in [0.3, 0.4) is 0 Å². The Hall–Kier alpha value is -2.19. The number of halogens is 1. The molecule has 3 rings (SSSR count). The second-order valence-corrected chi connectivity index (χ2v) is 7.39. The van der Waals surface area contributed by atoms with Gasteiger partial charge in [-0.1, -0.05) is 30.3 Å². The second-order valence-electron chi connectivity index (χ2n) is 5.15. The summed E-state index contributed by atoms with van der Waals surface area (Å²) in [7, 11) is 0. The van der Waals surface area contributed by atoms with E-state index in [1.807, 2.05) is 36.4 Å². The Labute approximate surface area is 164 Å². The van der Waals surface area contributed by atoms with Crippen LogP contribution < -0.4 is 5.32 Å². The smallest absolute Gasteiger partial charge is 0.228 e. The van der Waals surface area contributed by atoms with E-state index in [4.69, 9.17) is 16.6 Å². The molecule has 0 amide bonds. The summed E-state index contributed by atoms with van der Waals surface area (Å²) >= 11 is 8.14. The molecule has 2 N–H and O–H groups in total. The molecular weight excluding hydrogens is 388 g/mol. The molecule has 0 fully saturated rings. The van der Waals surface area contributed by atoms with E-state index in [2.05, 4.69) is 21.9 Å². The quantitative estimate of drug-likeness (QED) is 0.314. The zero-order chi connectivity index (χ0) is 18.5. The topological polar surface area (TPSA) is 69.9 Å². The summed E-state index contributed by atoms with van der Waals surface area (Å²) in [5.74, 6) is 0.319. The van der Waals surface area contributed by atoms with Crippen LogP contribution in [-0.4, -0.2) is 20.7 Å². The summed E-state index contributed by atoms with van der Waals surface area (Å²) in [4.78, 5) is 13.7. The predicted octanol–water partition coefficient (Wildman–Crippen LogP) is 6.10. The highest BCUT2D eigenvalue weighted by atomic mass is 35.5. The molecule has 3 aromatic rings. The lowest BCUT2D eigenvalue weighted by atomic mass is 10.2. The fourth-order valence-electron chi connectivity index (χ4n) is 2.30. The van der Waals surface area contributed by atoms with Crippen LogP contribution in [0.4, 0.5) is 5.69 Å². The maximum atomic E-state index is 9.43. The molecule has 2 aromatic carbocycles. The molecule has 0 radical (unpaired) electrons. The number of benzene rings is 2. The molecule has 0 aliphatic carbocycles. The standard InChI is InChI=1S/C18H15ClN4OS2/c1-3-20-18(21-11(2)19)23-14-9-8-12(26-24)10-13(14)17-22-15-6-4-5-7-16(15)25-17/h3-10,24H,1H2,2H3,(H,20,23)/b21-11+. The van der Waals surface area contributed by atoms with E-state index in [0.29, 0.717) is 28.1 Å². The molecule has 0 bridgehead atoms. The van der Waals surface area contributed by atoms with Gasteiger partial charge in [0.15, 0.2) is 0 Å². The van der Waals surface area contributed by atoms with Gasteiger partial charge in [-0.2, -0.15) is 0 Å². The molecule has 5 nitrogen and oxygen atoms in total. The van der Waals surface area contributed by atoms with E-state index >= 15 is 0 Å². The molecule has 0 spiro atoms. The van der Waals surface area contributed by atoms with Gasteiger partial charge in [0.1, 0.15) is 10.2 Å². The van der Waals surface area contributed by atoms with Gasteiger partial charge in [0.05, 0.1) is 15.9 Å². The number of thiazole rings is 1. The number of fused-ring (bicyclic) bond motifs is 1. The third-order valence-electron chi connectivity index (χ3n) is 3.34. The summed E-state index contributed by atoms with van der Waals surface area (Å²) < 4.78 is 10.5. The van der Waals surface area contributed by atoms with Gasteiger partial charge in [-0.25, -0.2) is 15.0 Å². The minimum atomic E-state index is 0.319. The lowest BCUT2D eigenvalue weighted by molar-refractivity contribution is 0.664. The number of anilines is 1. The second kappa shape index (κ2) is 8.46. The maximum Gasteiger partial charge on any atom is 0.228 e. The molecule has 0 unspecified atom stereocenters. The zero-order valence-corrected chi connectivity index (χ0v) is 16.2. The molecule has 1 aromatic heterocycles. The summed E-state index contributed by atoms with van der Waals surface area (Å²) in [6, 6.07) is 13.4. The SMILES string of the molecule is C=CN=C(/N=C(\C)Cl)Nc1ccc(SO)cc1-c1nc2ccccc2s1. The predicted molar refractivity (Wildman–Crippen MR) is 114 cm³/mol. The molecule has 132 valence electrons. The summed E-state index contributed by atoms with van der Waals surface area (Å²) in [5, 5.41) is 4.33. The number of guanidine groups is 1. The highest BCUT2D eigenvalue weighted by Gasteiger charge is 2.13. The molecule has 8 heteroatoms. The van der Waals surface area contributed by atoms with Gasteiger partial charge in [0.2, 0.25) is 5.96 Å². The molecular formula is C18H15ClN4OS2. The third kappa shape index (κ3) is 4.31. The van der Waals surface area contributed by atoms with Gasteiger partial charge < -0.3 is 9.87 Å². The average Bonchev–Trinajstić information content (AvgIpc) is 3.05. The van der Waals surface area contributed by atoms with E-state index in [9.17, 15) is 4.55 Å². The number of nitrogens with one attached hydrogen (secondary N) is 1. The van der Waals surface area contributed by atoms with Crippen molar-refractivity contribution in [3.63, 3.8) is 0 Å². The van der Waals surface area contributed by atoms with Crippen LogP contribution in [-0.2, 0) is 0 Å². The van der Waals surface area contributed by atoms with E-state index < -0.39 is 0 Å². The molecule has 0 saturated heterocycles. The normalized spacial score (nSPS) is 12.4. The molecule has 0 atom stereocenters. The summed E-state index contributed by atoms with van der Waals surface area (Å²) in [6.45, 7) is 5.27. The first kappa shape index (κ1) is 18.6. The first-order chi connectivity index (χ1) is 12.6. The summed E-state index contributed by atoms with van der Waals surface area (Å²) in [5.41, 5.74) is 2.52. The number of hydrogen-bond donors (Lipinski definition) is 2. The number of aromatic nitrogens is 1. The van der Waals surface area contributed by atoms with Crippen LogP contribution in [0, 0.1) is 0 Å². The van der Waals surface area contributed by atoms with Gasteiger partial charge >= 0.3 is 0 Å². The highest BCUT2D eigenvalue weighted by Crippen LogP contribution is 2.36. The van der Waals surface area contributed by atoms with Crippen LogP contribution in [0.5, 0.6) is 0 Å². The van der Waals surface area contributed by atoms with Gasteiger partial charge in [-0.15, -0.1) is 11.3 Å². The Bertz CT molecular complexity index is 976. The Kier molecular flexibility index (Phi) is 6.05. The monoisotopic (exact) mass is 402 g/mol. The van der Waals surface area contributed by atoms with E-state index in [0.717, 1.165) is 26.5 Å². The third-order valence-corrected chi connectivity index (χ3v) is 4.96. The fraction of sp³-hybridized carbons (Fsp3) is 0.0556. The summed E-state index contributed by atoms with van der Waals surface area (Å²) in [6.07, 6.45) is 1.39. The molecule has 0 aliphatic rings. The van der Waals surface area contributed by atoms with Crippen molar-refractivity contribution in [3.05, 3.63) is 55.2 Å². The molecule has 1 heterocycles. The largest absolute Gasteiger partial charge is 0.325 e. The highest BCUT2D eigenvalue weighted by molar-refractivity contribution is 7.93. The number of hydrogen-bond acceptors (Lipinski definition) is 5. The van der Waals surface area contributed by atoms with Gasteiger partial charge in [-0.05, 0) is 37.3 Å². The van der Waals surface area contributed by atoms with E-state index in [1.54, 1.807) is 24.3 Å². The molecule has 26 heavy (non-hydrogen) atoms. The van der Waals surface area contributed by atoms with Crippen molar-refractivity contribution in [1.29, 1.82) is 0 Å². The van der Waals surface area contributed by atoms with Crippen LogP contribution in [0.1, 0.15) is 6.92 Å².